The van der Waals surface area contributed by atoms with E-state index in [1.54, 1.807) is 0 Å². The van der Waals surface area contributed by atoms with E-state index in [4.69, 9.17) is 9.47 Å². The van der Waals surface area contributed by atoms with E-state index in [2.05, 4.69) is 59.5 Å². The van der Waals surface area contributed by atoms with Crippen LogP contribution in [0.3, 0.4) is 0 Å². The topological polar surface area (TPSA) is 45.5 Å². The van der Waals surface area contributed by atoms with Crippen molar-refractivity contribution in [1.29, 1.82) is 5.26 Å². The molecule has 0 bridgehead atoms. The molecule has 1 spiro atoms. The highest BCUT2D eigenvalue weighted by Crippen LogP contribution is 2.44. The van der Waals surface area contributed by atoms with Crippen molar-refractivity contribution in [3.05, 3.63) is 65.2 Å². The van der Waals surface area contributed by atoms with Crippen molar-refractivity contribution in [2.75, 3.05) is 31.2 Å². The van der Waals surface area contributed by atoms with Crippen LogP contribution in [0.5, 0.6) is 0 Å². The van der Waals surface area contributed by atoms with Crippen molar-refractivity contribution in [2.45, 2.75) is 44.3 Å². The molecule has 4 nitrogen and oxygen atoms in total. The van der Waals surface area contributed by atoms with E-state index in [0.717, 1.165) is 37.2 Å². The minimum atomic E-state index is -0.530. The summed E-state index contributed by atoms with van der Waals surface area (Å²) >= 11 is 0. The predicted molar refractivity (Wildman–Crippen MR) is 127 cm³/mol. The van der Waals surface area contributed by atoms with Crippen molar-refractivity contribution in [2.24, 2.45) is 0 Å². The maximum atomic E-state index is 10.2. The summed E-state index contributed by atoms with van der Waals surface area (Å²) in [5, 5.41) is 12.7. The van der Waals surface area contributed by atoms with Crippen LogP contribution in [0, 0.1) is 11.3 Å². The Hall–Kier alpha value is -2.87. The van der Waals surface area contributed by atoms with Crippen LogP contribution in [-0.4, -0.2) is 32.1 Å². The molecule has 2 fully saturated rings. The van der Waals surface area contributed by atoms with E-state index in [1.165, 1.54) is 52.3 Å². The maximum absolute atomic E-state index is 10.2. The Morgan fingerprint density at radius 3 is 2.44 bits per heavy atom. The number of piperidine rings is 1. The molecule has 1 aliphatic carbocycles. The highest BCUT2D eigenvalue weighted by atomic mass is 16.7. The van der Waals surface area contributed by atoms with Gasteiger partial charge in [0.2, 0.25) is 0 Å². The van der Waals surface area contributed by atoms with Crippen molar-refractivity contribution in [3.8, 4) is 17.2 Å². The first-order chi connectivity index (χ1) is 15.8. The molecule has 0 unspecified atom stereocenters. The van der Waals surface area contributed by atoms with Gasteiger partial charge in [0.15, 0.2) is 5.79 Å². The molecule has 3 aromatic carbocycles. The standard InChI is InChI=1S/C28H28N2O2/c29-19-26-23-10-11-28(31-14-15-32-28)18-25(23)24(17-27(26)30-12-4-1-5-13-30)22-9-8-20-6-2-3-7-21(20)16-22/h2-3,6-9,16-17H,1,4-5,10-15,18H2. The van der Waals surface area contributed by atoms with Gasteiger partial charge in [0.05, 0.1) is 24.5 Å². The van der Waals surface area contributed by atoms with E-state index < -0.39 is 5.79 Å². The third kappa shape index (κ3) is 3.28. The van der Waals surface area contributed by atoms with E-state index in [-0.39, 0.29) is 0 Å². The minimum absolute atomic E-state index is 0.530. The fourth-order valence-electron chi connectivity index (χ4n) is 5.78. The molecular formula is C28H28N2O2. The average molecular weight is 425 g/mol. The molecule has 6 rings (SSSR count). The number of ether oxygens (including phenoxy) is 2. The van der Waals surface area contributed by atoms with E-state index in [9.17, 15) is 5.26 Å². The van der Waals surface area contributed by atoms with Gasteiger partial charge in [-0.2, -0.15) is 5.26 Å². The fourth-order valence-corrected chi connectivity index (χ4v) is 5.78. The average Bonchev–Trinajstić information content (AvgIpc) is 3.30. The van der Waals surface area contributed by atoms with Crippen LogP contribution in [0.1, 0.15) is 42.4 Å². The number of hydrogen-bond acceptors (Lipinski definition) is 4. The van der Waals surface area contributed by atoms with Crippen molar-refractivity contribution < 1.29 is 9.47 Å². The zero-order valence-corrected chi connectivity index (χ0v) is 18.4. The Balaban J connectivity index is 1.56. The largest absolute Gasteiger partial charge is 0.370 e. The highest BCUT2D eigenvalue weighted by Gasteiger charge is 2.42. The van der Waals surface area contributed by atoms with Crippen LogP contribution in [0.25, 0.3) is 21.9 Å². The number of rotatable bonds is 2. The summed E-state index contributed by atoms with van der Waals surface area (Å²) in [6.07, 6.45) is 6.00. The second-order valence-electron chi connectivity index (χ2n) is 9.28. The molecule has 2 aliphatic heterocycles. The molecular weight excluding hydrogens is 396 g/mol. The molecule has 0 amide bonds. The first-order valence-electron chi connectivity index (χ1n) is 11.9. The number of anilines is 1. The molecule has 0 saturated carbocycles. The van der Waals surface area contributed by atoms with Gasteiger partial charge in [0.1, 0.15) is 6.07 Å². The van der Waals surface area contributed by atoms with Gasteiger partial charge in [-0.1, -0.05) is 36.4 Å². The first-order valence-corrected chi connectivity index (χ1v) is 11.9. The van der Waals surface area contributed by atoms with Gasteiger partial charge in [0, 0.05) is 25.9 Å². The van der Waals surface area contributed by atoms with Crippen LogP contribution in [-0.2, 0) is 22.3 Å². The van der Waals surface area contributed by atoms with E-state index in [0.29, 0.717) is 19.6 Å². The molecule has 0 N–H and O–H groups in total. The van der Waals surface area contributed by atoms with Gasteiger partial charge in [-0.15, -0.1) is 0 Å². The Labute approximate surface area is 189 Å². The van der Waals surface area contributed by atoms with E-state index >= 15 is 0 Å². The van der Waals surface area contributed by atoms with Gasteiger partial charge in [-0.3, -0.25) is 0 Å². The summed E-state index contributed by atoms with van der Waals surface area (Å²) in [6, 6.07) is 20.1. The lowest BCUT2D eigenvalue weighted by Crippen LogP contribution is -2.38. The van der Waals surface area contributed by atoms with Crippen LogP contribution < -0.4 is 4.90 Å². The third-order valence-electron chi connectivity index (χ3n) is 7.41. The van der Waals surface area contributed by atoms with E-state index in [1.807, 2.05) is 0 Å². The number of hydrogen-bond donors (Lipinski definition) is 0. The first kappa shape index (κ1) is 19.8. The molecule has 2 heterocycles. The predicted octanol–water partition coefficient (Wildman–Crippen LogP) is 5.60. The summed E-state index contributed by atoms with van der Waals surface area (Å²) in [5.41, 5.74) is 6.83. The van der Waals surface area contributed by atoms with Gasteiger partial charge in [-0.25, -0.2) is 0 Å². The van der Waals surface area contributed by atoms with Crippen molar-refractivity contribution in [3.63, 3.8) is 0 Å². The monoisotopic (exact) mass is 424 g/mol. The summed E-state index contributed by atoms with van der Waals surface area (Å²) in [6.45, 7) is 3.36. The molecule has 162 valence electrons. The lowest BCUT2D eigenvalue weighted by atomic mass is 9.79. The molecule has 3 aliphatic rings. The Kier molecular flexibility index (Phi) is 4.90. The molecule has 32 heavy (non-hydrogen) atoms. The summed E-state index contributed by atoms with van der Waals surface area (Å²) in [5.74, 6) is -0.530. The molecule has 4 heteroatoms. The Morgan fingerprint density at radius 1 is 0.875 bits per heavy atom. The Bertz CT molecular complexity index is 1210. The third-order valence-corrected chi connectivity index (χ3v) is 7.41. The van der Waals surface area contributed by atoms with Crippen LogP contribution in [0.4, 0.5) is 5.69 Å². The lowest BCUT2D eigenvalue weighted by molar-refractivity contribution is -0.163. The van der Waals surface area contributed by atoms with Crippen LogP contribution >= 0.6 is 0 Å². The number of fused-ring (bicyclic) bond motifs is 2. The maximum Gasteiger partial charge on any atom is 0.172 e. The van der Waals surface area contributed by atoms with Crippen LogP contribution in [0.15, 0.2) is 48.5 Å². The highest BCUT2D eigenvalue weighted by molar-refractivity contribution is 5.89. The SMILES string of the molecule is N#Cc1c(N2CCCCC2)cc(-c2ccc3ccccc3c2)c2c1CCC1(C2)OCCO1. The zero-order valence-electron chi connectivity index (χ0n) is 18.4. The summed E-state index contributed by atoms with van der Waals surface area (Å²) in [4.78, 5) is 2.43. The molecule has 3 aromatic rings. The number of benzene rings is 3. The van der Waals surface area contributed by atoms with Gasteiger partial charge >= 0.3 is 0 Å². The van der Waals surface area contributed by atoms with Gasteiger partial charge < -0.3 is 14.4 Å². The molecule has 2 saturated heterocycles. The Morgan fingerprint density at radius 2 is 1.66 bits per heavy atom. The van der Waals surface area contributed by atoms with Gasteiger partial charge in [0.25, 0.3) is 0 Å². The smallest absolute Gasteiger partial charge is 0.172 e. The van der Waals surface area contributed by atoms with Crippen molar-refractivity contribution >= 4 is 16.5 Å². The molecule has 0 radical (unpaired) electrons. The number of nitriles is 1. The normalized spacial score (nSPS) is 19.8. The fraction of sp³-hybridized carbons (Fsp3) is 0.393. The summed E-state index contributed by atoms with van der Waals surface area (Å²) in [7, 11) is 0. The molecule has 0 atom stereocenters. The lowest BCUT2D eigenvalue weighted by Gasteiger charge is -2.37. The van der Waals surface area contributed by atoms with Crippen LogP contribution in [0.2, 0.25) is 0 Å². The number of nitrogens with zero attached hydrogens (tertiary/aromatic N) is 2. The van der Waals surface area contributed by atoms with Gasteiger partial charge in [-0.05, 0) is 70.8 Å². The second-order valence-corrected chi connectivity index (χ2v) is 9.28. The quantitative estimate of drug-likeness (QED) is 0.537. The second kappa shape index (κ2) is 7.92. The summed E-state index contributed by atoms with van der Waals surface area (Å²) < 4.78 is 12.2. The minimum Gasteiger partial charge on any atom is -0.370 e. The molecule has 0 aromatic heterocycles. The zero-order chi connectivity index (χ0) is 21.5. The van der Waals surface area contributed by atoms with Crippen molar-refractivity contribution in [1.82, 2.24) is 0 Å².